The Kier molecular flexibility index (Phi) is 6.35. The Morgan fingerprint density at radius 2 is 1.93 bits per heavy atom. The summed E-state index contributed by atoms with van der Waals surface area (Å²) in [6.07, 6.45) is 7.71. The van der Waals surface area contributed by atoms with E-state index in [9.17, 15) is 0 Å². The molecule has 1 saturated carbocycles. The smallest absolute Gasteiger partial charge is 0.0254 e. The SMILES string of the molecule is CC(C)=CCNCC1CCCCC1CCl. The summed E-state index contributed by atoms with van der Waals surface area (Å²) in [5.41, 5.74) is 1.39. The van der Waals surface area contributed by atoms with Gasteiger partial charge in [0.25, 0.3) is 0 Å². The molecule has 1 fully saturated rings. The maximum absolute atomic E-state index is 6.00. The van der Waals surface area contributed by atoms with E-state index in [1.54, 1.807) is 0 Å². The molecule has 0 aliphatic heterocycles. The molecule has 0 heterocycles. The summed E-state index contributed by atoms with van der Waals surface area (Å²) in [6, 6.07) is 0. The Balaban J connectivity index is 2.20. The molecule has 0 amide bonds. The zero-order valence-corrected chi connectivity index (χ0v) is 10.8. The molecule has 1 aliphatic rings. The number of nitrogens with one attached hydrogen (secondary N) is 1. The van der Waals surface area contributed by atoms with Crippen molar-refractivity contribution in [2.24, 2.45) is 11.8 Å². The number of alkyl halides is 1. The van der Waals surface area contributed by atoms with Crippen molar-refractivity contribution in [3.05, 3.63) is 11.6 Å². The lowest BCUT2D eigenvalue weighted by molar-refractivity contribution is 0.253. The molecule has 1 N–H and O–H groups in total. The van der Waals surface area contributed by atoms with Crippen molar-refractivity contribution in [2.45, 2.75) is 39.5 Å². The number of rotatable bonds is 5. The fraction of sp³-hybridized carbons (Fsp3) is 0.846. The molecular weight excluding hydrogens is 206 g/mol. The van der Waals surface area contributed by atoms with Gasteiger partial charge in [0.1, 0.15) is 0 Å². The summed E-state index contributed by atoms with van der Waals surface area (Å²) in [5, 5.41) is 3.52. The van der Waals surface area contributed by atoms with Crippen LogP contribution >= 0.6 is 11.6 Å². The van der Waals surface area contributed by atoms with Gasteiger partial charge in [-0.1, -0.05) is 24.5 Å². The van der Waals surface area contributed by atoms with Crippen LogP contribution in [-0.4, -0.2) is 19.0 Å². The minimum Gasteiger partial charge on any atom is -0.313 e. The fourth-order valence-corrected chi connectivity index (χ4v) is 2.71. The third-order valence-electron chi connectivity index (χ3n) is 3.33. The number of halogens is 1. The van der Waals surface area contributed by atoms with Crippen molar-refractivity contribution in [3.8, 4) is 0 Å². The van der Waals surface area contributed by atoms with Crippen LogP contribution < -0.4 is 5.32 Å². The van der Waals surface area contributed by atoms with Gasteiger partial charge in [-0.05, 0) is 45.1 Å². The molecule has 15 heavy (non-hydrogen) atoms. The quantitative estimate of drug-likeness (QED) is 0.432. The normalized spacial score (nSPS) is 26.3. The minimum absolute atomic E-state index is 0.750. The first-order valence-electron chi connectivity index (χ1n) is 6.14. The van der Waals surface area contributed by atoms with E-state index in [1.807, 2.05) is 0 Å². The van der Waals surface area contributed by atoms with E-state index in [0.717, 1.165) is 30.8 Å². The molecule has 1 rings (SSSR count). The Labute approximate surface area is 99.3 Å². The lowest BCUT2D eigenvalue weighted by atomic mass is 9.80. The van der Waals surface area contributed by atoms with Gasteiger partial charge in [0, 0.05) is 12.4 Å². The molecule has 2 atom stereocenters. The number of allylic oxidation sites excluding steroid dienone is 1. The van der Waals surface area contributed by atoms with Gasteiger partial charge in [0.2, 0.25) is 0 Å². The molecular formula is C13H24ClN. The molecule has 0 bridgehead atoms. The van der Waals surface area contributed by atoms with Crippen molar-refractivity contribution in [2.75, 3.05) is 19.0 Å². The second-order valence-corrected chi connectivity index (χ2v) is 5.21. The lowest BCUT2D eigenvalue weighted by Crippen LogP contribution is -2.31. The van der Waals surface area contributed by atoms with Gasteiger partial charge in [-0.3, -0.25) is 0 Å². The zero-order valence-electron chi connectivity index (χ0n) is 10.1. The molecule has 88 valence electrons. The molecule has 0 aromatic carbocycles. The Hall–Kier alpha value is -0.0100. The Morgan fingerprint density at radius 3 is 2.53 bits per heavy atom. The van der Waals surface area contributed by atoms with Crippen LogP contribution in [0.4, 0.5) is 0 Å². The third kappa shape index (κ3) is 5.03. The van der Waals surface area contributed by atoms with Crippen molar-refractivity contribution < 1.29 is 0 Å². The van der Waals surface area contributed by atoms with E-state index < -0.39 is 0 Å². The highest BCUT2D eigenvalue weighted by atomic mass is 35.5. The van der Waals surface area contributed by atoms with Crippen LogP contribution in [0.5, 0.6) is 0 Å². The van der Waals surface area contributed by atoms with E-state index in [2.05, 4.69) is 25.2 Å². The first-order valence-corrected chi connectivity index (χ1v) is 6.67. The van der Waals surface area contributed by atoms with Gasteiger partial charge in [0.15, 0.2) is 0 Å². The van der Waals surface area contributed by atoms with Crippen LogP contribution in [-0.2, 0) is 0 Å². The number of hydrogen-bond acceptors (Lipinski definition) is 1. The van der Waals surface area contributed by atoms with Gasteiger partial charge in [-0.2, -0.15) is 0 Å². The highest BCUT2D eigenvalue weighted by Gasteiger charge is 2.23. The second kappa shape index (κ2) is 7.29. The first-order chi connectivity index (χ1) is 7.24. The van der Waals surface area contributed by atoms with Crippen LogP contribution in [0.25, 0.3) is 0 Å². The van der Waals surface area contributed by atoms with Crippen LogP contribution in [0.15, 0.2) is 11.6 Å². The predicted octanol–water partition coefficient (Wildman–Crippen LogP) is 3.59. The van der Waals surface area contributed by atoms with E-state index in [-0.39, 0.29) is 0 Å². The Bertz CT molecular complexity index is 197. The van der Waals surface area contributed by atoms with E-state index >= 15 is 0 Å². The molecule has 1 aliphatic carbocycles. The molecule has 0 saturated heterocycles. The van der Waals surface area contributed by atoms with Gasteiger partial charge >= 0.3 is 0 Å². The third-order valence-corrected chi connectivity index (χ3v) is 3.72. The maximum Gasteiger partial charge on any atom is 0.0254 e. The summed E-state index contributed by atoms with van der Waals surface area (Å²) in [4.78, 5) is 0. The monoisotopic (exact) mass is 229 g/mol. The lowest BCUT2D eigenvalue weighted by Gasteiger charge is -2.30. The molecule has 0 aromatic rings. The molecule has 0 aromatic heterocycles. The number of hydrogen-bond donors (Lipinski definition) is 1. The molecule has 0 radical (unpaired) electrons. The largest absolute Gasteiger partial charge is 0.313 e. The van der Waals surface area contributed by atoms with Gasteiger partial charge < -0.3 is 5.32 Å². The molecule has 0 spiro atoms. The van der Waals surface area contributed by atoms with Crippen LogP contribution in [0.2, 0.25) is 0 Å². The minimum atomic E-state index is 0.750. The average molecular weight is 230 g/mol. The van der Waals surface area contributed by atoms with E-state index in [4.69, 9.17) is 11.6 Å². The zero-order chi connectivity index (χ0) is 11.1. The van der Waals surface area contributed by atoms with Crippen molar-refractivity contribution >= 4 is 11.6 Å². The summed E-state index contributed by atoms with van der Waals surface area (Å²) in [6.45, 7) is 6.43. The highest BCUT2D eigenvalue weighted by molar-refractivity contribution is 6.18. The molecule has 1 nitrogen and oxygen atoms in total. The van der Waals surface area contributed by atoms with Crippen molar-refractivity contribution in [3.63, 3.8) is 0 Å². The average Bonchev–Trinajstić information content (AvgIpc) is 2.24. The van der Waals surface area contributed by atoms with Gasteiger partial charge in [0.05, 0.1) is 0 Å². The topological polar surface area (TPSA) is 12.0 Å². The highest BCUT2D eigenvalue weighted by Crippen LogP contribution is 2.30. The summed E-state index contributed by atoms with van der Waals surface area (Å²) < 4.78 is 0. The second-order valence-electron chi connectivity index (χ2n) is 4.90. The standard InChI is InChI=1S/C13H24ClN/c1-11(2)7-8-15-10-13-6-4-3-5-12(13)9-14/h7,12-13,15H,3-6,8-10H2,1-2H3. The van der Waals surface area contributed by atoms with Crippen molar-refractivity contribution in [1.29, 1.82) is 0 Å². The molecule has 2 heteroatoms. The summed E-state index contributed by atoms with van der Waals surface area (Å²) >= 11 is 6.00. The Morgan fingerprint density at radius 1 is 1.27 bits per heavy atom. The summed E-state index contributed by atoms with van der Waals surface area (Å²) in [5.74, 6) is 2.40. The van der Waals surface area contributed by atoms with Crippen LogP contribution in [0, 0.1) is 11.8 Å². The molecule has 2 unspecified atom stereocenters. The van der Waals surface area contributed by atoms with Crippen LogP contribution in [0.1, 0.15) is 39.5 Å². The van der Waals surface area contributed by atoms with E-state index in [0.29, 0.717) is 0 Å². The van der Waals surface area contributed by atoms with Crippen molar-refractivity contribution in [1.82, 2.24) is 5.32 Å². The van der Waals surface area contributed by atoms with E-state index in [1.165, 1.54) is 31.3 Å². The predicted molar refractivity (Wildman–Crippen MR) is 68.5 cm³/mol. The van der Waals surface area contributed by atoms with Gasteiger partial charge in [-0.15, -0.1) is 11.6 Å². The first kappa shape index (κ1) is 13.1. The summed E-state index contributed by atoms with van der Waals surface area (Å²) in [7, 11) is 0. The fourth-order valence-electron chi connectivity index (χ4n) is 2.30. The van der Waals surface area contributed by atoms with Crippen LogP contribution in [0.3, 0.4) is 0 Å². The van der Waals surface area contributed by atoms with Gasteiger partial charge in [-0.25, -0.2) is 0 Å². The maximum atomic E-state index is 6.00.